The van der Waals surface area contributed by atoms with Crippen molar-refractivity contribution >= 4 is 46.6 Å². The summed E-state index contributed by atoms with van der Waals surface area (Å²) in [6.45, 7) is 0. The molecule has 1 amide bonds. The molecule has 0 bridgehead atoms. The van der Waals surface area contributed by atoms with Crippen molar-refractivity contribution in [1.29, 1.82) is 0 Å². The standard InChI is InChI=1S/C20H13ClF2N2O2S/c21-13-3-1-12(2-4-13)18-9-6-15(27-18)7-10-19(26)25-20(28)24-17-8-5-14(22)11-16(17)23/h1-11H,(H2,24,25,26,28). The number of benzene rings is 2. The quantitative estimate of drug-likeness (QED) is 0.439. The van der Waals surface area contributed by atoms with Crippen LogP contribution < -0.4 is 10.6 Å². The molecular weight excluding hydrogens is 406 g/mol. The van der Waals surface area contributed by atoms with E-state index in [9.17, 15) is 13.6 Å². The van der Waals surface area contributed by atoms with Crippen molar-refractivity contribution in [1.82, 2.24) is 5.32 Å². The molecule has 3 rings (SSSR count). The summed E-state index contributed by atoms with van der Waals surface area (Å²) in [7, 11) is 0. The van der Waals surface area contributed by atoms with Crippen LogP contribution in [0.25, 0.3) is 17.4 Å². The van der Waals surface area contributed by atoms with Gasteiger partial charge >= 0.3 is 0 Å². The molecule has 8 heteroatoms. The first kappa shape index (κ1) is 19.7. The zero-order valence-electron chi connectivity index (χ0n) is 14.2. The first-order valence-corrected chi connectivity index (χ1v) is 8.80. The molecule has 142 valence electrons. The number of carbonyl (C=O) groups is 1. The van der Waals surface area contributed by atoms with E-state index in [1.54, 1.807) is 24.3 Å². The van der Waals surface area contributed by atoms with E-state index in [0.29, 0.717) is 22.6 Å². The normalized spacial score (nSPS) is 10.8. The highest BCUT2D eigenvalue weighted by atomic mass is 35.5. The van der Waals surface area contributed by atoms with Crippen molar-refractivity contribution in [2.24, 2.45) is 0 Å². The molecule has 0 aliphatic carbocycles. The van der Waals surface area contributed by atoms with Gasteiger partial charge in [-0.25, -0.2) is 8.78 Å². The number of amides is 1. The van der Waals surface area contributed by atoms with Crippen molar-refractivity contribution in [3.63, 3.8) is 0 Å². The maximum atomic E-state index is 13.6. The van der Waals surface area contributed by atoms with Crippen LogP contribution in [0.5, 0.6) is 0 Å². The van der Waals surface area contributed by atoms with Gasteiger partial charge in [-0.3, -0.25) is 10.1 Å². The molecule has 3 aromatic rings. The Hall–Kier alpha value is -3.03. The lowest BCUT2D eigenvalue weighted by Crippen LogP contribution is -2.33. The maximum Gasteiger partial charge on any atom is 0.250 e. The van der Waals surface area contributed by atoms with Crippen molar-refractivity contribution in [3.05, 3.63) is 83.1 Å². The number of rotatable bonds is 4. The lowest BCUT2D eigenvalue weighted by atomic mass is 10.2. The summed E-state index contributed by atoms with van der Waals surface area (Å²) in [6.07, 6.45) is 2.69. The molecule has 28 heavy (non-hydrogen) atoms. The first-order valence-electron chi connectivity index (χ1n) is 8.01. The van der Waals surface area contributed by atoms with Crippen LogP contribution in [0.15, 0.2) is 65.1 Å². The minimum atomic E-state index is -0.822. The summed E-state index contributed by atoms with van der Waals surface area (Å²) in [4.78, 5) is 11.9. The molecule has 0 fully saturated rings. The second kappa shape index (κ2) is 8.77. The fourth-order valence-corrected chi connectivity index (χ4v) is 2.60. The predicted molar refractivity (Wildman–Crippen MR) is 109 cm³/mol. The van der Waals surface area contributed by atoms with E-state index in [4.69, 9.17) is 28.2 Å². The van der Waals surface area contributed by atoms with Gasteiger partial charge in [-0.1, -0.05) is 11.6 Å². The third-order valence-electron chi connectivity index (χ3n) is 3.57. The Balaban J connectivity index is 1.57. The van der Waals surface area contributed by atoms with Crippen LogP contribution >= 0.6 is 23.8 Å². The van der Waals surface area contributed by atoms with Gasteiger partial charge in [0, 0.05) is 22.7 Å². The molecule has 0 saturated heterocycles. The van der Waals surface area contributed by atoms with Gasteiger partial charge in [-0.2, -0.15) is 0 Å². The van der Waals surface area contributed by atoms with E-state index in [0.717, 1.165) is 11.6 Å². The summed E-state index contributed by atoms with van der Waals surface area (Å²) in [5.41, 5.74) is 0.800. The zero-order valence-corrected chi connectivity index (χ0v) is 15.8. The Kier molecular flexibility index (Phi) is 6.18. The predicted octanol–water partition coefficient (Wildman–Crippen LogP) is 5.40. The van der Waals surface area contributed by atoms with E-state index in [1.165, 1.54) is 18.2 Å². The molecule has 0 unspecified atom stereocenters. The Morgan fingerprint density at radius 3 is 2.54 bits per heavy atom. The van der Waals surface area contributed by atoms with Crippen LogP contribution in [0.4, 0.5) is 14.5 Å². The van der Waals surface area contributed by atoms with Crippen molar-refractivity contribution in [3.8, 4) is 11.3 Å². The van der Waals surface area contributed by atoms with Crippen molar-refractivity contribution < 1.29 is 18.0 Å². The van der Waals surface area contributed by atoms with Gasteiger partial charge in [-0.15, -0.1) is 0 Å². The van der Waals surface area contributed by atoms with Gasteiger partial charge in [0.15, 0.2) is 5.11 Å². The zero-order chi connectivity index (χ0) is 20.1. The lowest BCUT2D eigenvalue weighted by molar-refractivity contribution is -0.115. The summed E-state index contributed by atoms with van der Waals surface area (Å²) in [6, 6.07) is 13.6. The average Bonchev–Trinajstić information content (AvgIpc) is 3.12. The van der Waals surface area contributed by atoms with E-state index in [-0.39, 0.29) is 10.8 Å². The van der Waals surface area contributed by atoms with E-state index in [2.05, 4.69) is 10.6 Å². The molecule has 0 atom stereocenters. The number of hydrogen-bond acceptors (Lipinski definition) is 3. The molecule has 0 radical (unpaired) electrons. The molecular formula is C20H13ClF2N2O2S. The number of halogens is 3. The van der Waals surface area contributed by atoms with Crippen LogP contribution in [0.1, 0.15) is 5.76 Å². The molecule has 2 aromatic carbocycles. The van der Waals surface area contributed by atoms with Crippen LogP contribution in [0.3, 0.4) is 0 Å². The third kappa shape index (κ3) is 5.25. The summed E-state index contributed by atoms with van der Waals surface area (Å²) in [5, 5.41) is 5.35. The summed E-state index contributed by atoms with van der Waals surface area (Å²) < 4.78 is 32.1. The van der Waals surface area contributed by atoms with Gasteiger partial charge in [0.1, 0.15) is 23.2 Å². The Morgan fingerprint density at radius 2 is 1.82 bits per heavy atom. The van der Waals surface area contributed by atoms with Gasteiger partial charge in [0.05, 0.1) is 5.69 Å². The Bertz CT molecular complexity index is 1050. The molecule has 2 N–H and O–H groups in total. The third-order valence-corrected chi connectivity index (χ3v) is 4.03. The largest absolute Gasteiger partial charge is 0.457 e. The van der Waals surface area contributed by atoms with E-state index < -0.39 is 17.5 Å². The number of anilines is 1. The topological polar surface area (TPSA) is 54.3 Å². The second-order valence-electron chi connectivity index (χ2n) is 5.61. The summed E-state index contributed by atoms with van der Waals surface area (Å²) >= 11 is 10.8. The molecule has 4 nitrogen and oxygen atoms in total. The highest BCUT2D eigenvalue weighted by Crippen LogP contribution is 2.24. The van der Waals surface area contributed by atoms with Gasteiger partial charge in [-0.05, 0) is 66.8 Å². The van der Waals surface area contributed by atoms with Crippen molar-refractivity contribution in [2.75, 3.05) is 5.32 Å². The van der Waals surface area contributed by atoms with Crippen LogP contribution in [0, 0.1) is 11.6 Å². The second-order valence-corrected chi connectivity index (χ2v) is 6.45. The number of hydrogen-bond donors (Lipinski definition) is 2. The average molecular weight is 419 g/mol. The lowest BCUT2D eigenvalue weighted by Gasteiger charge is -2.08. The smallest absolute Gasteiger partial charge is 0.250 e. The number of carbonyl (C=O) groups excluding carboxylic acids is 1. The molecule has 0 aliphatic heterocycles. The minimum absolute atomic E-state index is 0.0469. The number of thiocarbonyl (C=S) groups is 1. The molecule has 1 aromatic heterocycles. The van der Waals surface area contributed by atoms with E-state index >= 15 is 0 Å². The van der Waals surface area contributed by atoms with Crippen LogP contribution in [-0.2, 0) is 4.79 Å². The SMILES string of the molecule is O=C(C=Cc1ccc(-c2ccc(Cl)cc2)o1)NC(=S)Nc1ccc(F)cc1F. The Labute approximate surface area is 169 Å². The van der Waals surface area contributed by atoms with Crippen LogP contribution in [-0.4, -0.2) is 11.0 Å². The first-order chi connectivity index (χ1) is 13.4. The van der Waals surface area contributed by atoms with Gasteiger partial charge in [0.25, 0.3) is 0 Å². The Morgan fingerprint density at radius 1 is 1.07 bits per heavy atom. The van der Waals surface area contributed by atoms with Gasteiger partial charge in [0.2, 0.25) is 5.91 Å². The monoisotopic (exact) mass is 418 g/mol. The number of furan rings is 1. The number of nitrogens with one attached hydrogen (secondary N) is 2. The molecule has 1 heterocycles. The molecule has 0 aliphatic rings. The fraction of sp³-hybridized carbons (Fsp3) is 0. The fourth-order valence-electron chi connectivity index (χ4n) is 2.27. The highest BCUT2D eigenvalue weighted by Gasteiger charge is 2.08. The molecule has 0 saturated carbocycles. The van der Waals surface area contributed by atoms with Crippen molar-refractivity contribution in [2.45, 2.75) is 0 Å². The van der Waals surface area contributed by atoms with Gasteiger partial charge < -0.3 is 9.73 Å². The highest BCUT2D eigenvalue weighted by molar-refractivity contribution is 7.80. The van der Waals surface area contributed by atoms with Crippen LogP contribution in [0.2, 0.25) is 5.02 Å². The minimum Gasteiger partial charge on any atom is -0.457 e. The molecule has 0 spiro atoms. The maximum absolute atomic E-state index is 13.6. The van der Waals surface area contributed by atoms with E-state index in [1.807, 2.05) is 12.1 Å². The summed E-state index contributed by atoms with van der Waals surface area (Å²) in [5.74, 6) is -0.983.